The molecule has 4 rings (SSSR count). The first kappa shape index (κ1) is 28.0. The summed E-state index contributed by atoms with van der Waals surface area (Å²) in [6.45, 7) is 0.523. The fourth-order valence-electron chi connectivity index (χ4n) is 4.64. The zero-order valence-electron chi connectivity index (χ0n) is 22.2. The number of hydrogen-bond donors (Lipinski definition) is 1. The van der Waals surface area contributed by atoms with Crippen molar-refractivity contribution in [1.29, 1.82) is 0 Å². The van der Waals surface area contributed by atoms with Crippen molar-refractivity contribution < 1.29 is 14.3 Å². The molecule has 9 heteroatoms. The van der Waals surface area contributed by atoms with E-state index < -0.39 is 0 Å². The summed E-state index contributed by atoms with van der Waals surface area (Å²) in [4.78, 5) is 24.0. The average molecular weight is 555 g/mol. The van der Waals surface area contributed by atoms with E-state index in [-0.39, 0.29) is 5.91 Å². The molecule has 1 fully saturated rings. The molecule has 0 aliphatic heterocycles. The number of methoxy groups -OCH3 is 2. The van der Waals surface area contributed by atoms with Crippen LogP contribution in [0.15, 0.2) is 53.7 Å². The Balaban J connectivity index is 1.28. The third-order valence-corrected chi connectivity index (χ3v) is 7.99. The largest absolute Gasteiger partial charge is 0.493 e. The third kappa shape index (κ3) is 7.54. The minimum atomic E-state index is -0.0988. The molecule has 1 saturated carbocycles. The van der Waals surface area contributed by atoms with Crippen LogP contribution in [0.3, 0.4) is 0 Å². The van der Waals surface area contributed by atoms with Crippen LogP contribution in [0.5, 0.6) is 11.5 Å². The predicted molar refractivity (Wildman–Crippen MR) is 154 cm³/mol. The lowest BCUT2D eigenvalue weighted by molar-refractivity contribution is 0.0954. The van der Waals surface area contributed by atoms with Crippen molar-refractivity contribution in [3.63, 3.8) is 0 Å². The molecule has 1 N–H and O–H groups in total. The summed E-state index contributed by atoms with van der Waals surface area (Å²) in [6.07, 6.45) is 6.92. The molecular formula is C29H35ClN4O3S. The second-order valence-corrected chi connectivity index (χ2v) is 10.7. The zero-order valence-corrected chi connectivity index (χ0v) is 23.8. The number of amides is 1. The number of aromatic nitrogens is 2. The Morgan fingerprint density at radius 3 is 2.42 bits per heavy atom. The second-order valence-electron chi connectivity index (χ2n) is 9.42. The van der Waals surface area contributed by atoms with Gasteiger partial charge in [-0.3, -0.25) is 4.79 Å². The van der Waals surface area contributed by atoms with Crippen LogP contribution in [0.2, 0.25) is 5.15 Å². The lowest BCUT2D eigenvalue weighted by Gasteiger charge is -2.32. The van der Waals surface area contributed by atoms with E-state index in [1.807, 2.05) is 48.5 Å². The maximum absolute atomic E-state index is 12.6. The average Bonchev–Trinajstić information content (AvgIpc) is 2.96. The number of anilines is 1. The first-order valence-electron chi connectivity index (χ1n) is 12.9. The van der Waals surface area contributed by atoms with Gasteiger partial charge in [-0.05, 0) is 54.7 Å². The Kier molecular flexibility index (Phi) is 10.1. The van der Waals surface area contributed by atoms with Crippen molar-refractivity contribution in [3.05, 3.63) is 70.4 Å². The highest BCUT2D eigenvalue weighted by Crippen LogP contribution is 2.29. The lowest BCUT2D eigenvalue weighted by atomic mass is 9.94. The van der Waals surface area contributed by atoms with Gasteiger partial charge in [0.2, 0.25) is 0 Å². The summed E-state index contributed by atoms with van der Waals surface area (Å²) < 4.78 is 10.6. The molecule has 1 heterocycles. The van der Waals surface area contributed by atoms with Crippen molar-refractivity contribution in [2.45, 2.75) is 55.5 Å². The highest BCUT2D eigenvalue weighted by atomic mass is 35.5. The monoisotopic (exact) mass is 554 g/mol. The number of rotatable bonds is 11. The van der Waals surface area contributed by atoms with E-state index in [0.717, 1.165) is 16.9 Å². The number of nitrogens with one attached hydrogen (secondary N) is 1. The Morgan fingerprint density at radius 2 is 1.71 bits per heavy atom. The molecule has 0 spiro atoms. The zero-order chi connectivity index (χ0) is 26.9. The standard InChI is InChI=1S/C29H35ClN4O3S/c1-34(23-7-5-4-6-8-23)27-18-26(30)32-29(33-27)38-19-21-9-12-22(13-10-21)28(35)31-16-15-20-11-14-24(36-2)25(17-20)37-3/h9-14,17-18,23H,4-8,15-16,19H2,1-3H3,(H,31,35). The molecule has 0 atom stereocenters. The van der Waals surface area contributed by atoms with Crippen LogP contribution in [0.1, 0.15) is 53.6 Å². The van der Waals surface area contributed by atoms with Crippen molar-refractivity contribution in [3.8, 4) is 11.5 Å². The molecule has 0 unspecified atom stereocenters. The maximum Gasteiger partial charge on any atom is 0.251 e. The van der Waals surface area contributed by atoms with Gasteiger partial charge < -0.3 is 19.7 Å². The van der Waals surface area contributed by atoms with E-state index in [1.165, 1.54) is 32.1 Å². The molecule has 7 nitrogen and oxygen atoms in total. The minimum Gasteiger partial charge on any atom is -0.493 e. The Bertz CT molecular complexity index is 1220. The van der Waals surface area contributed by atoms with Crippen molar-refractivity contribution in [2.24, 2.45) is 0 Å². The fraction of sp³-hybridized carbons (Fsp3) is 0.414. The summed E-state index contributed by atoms with van der Waals surface area (Å²) in [5.41, 5.74) is 2.77. The molecule has 0 saturated heterocycles. The van der Waals surface area contributed by atoms with E-state index in [9.17, 15) is 4.79 Å². The molecule has 0 radical (unpaired) electrons. The van der Waals surface area contributed by atoms with E-state index in [2.05, 4.69) is 22.2 Å². The Morgan fingerprint density at radius 1 is 1.00 bits per heavy atom. The number of thioether (sulfide) groups is 1. The normalized spacial score (nSPS) is 13.7. The summed E-state index contributed by atoms with van der Waals surface area (Å²) in [5, 5.41) is 4.10. The van der Waals surface area contributed by atoms with Crippen LogP contribution in [0.25, 0.3) is 0 Å². The van der Waals surface area contributed by atoms with Gasteiger partial charge in [0.05, 0.1) is 14.2 Å². The van der Waals surface area contributed by atoms with Gasteiger partial charge in [0.25, 0.3) is 5.91 Å². The van der Waals surface area contributed by atoms with Gasteiger partial charge in [0.1, 0.15) is 11.0 Å². The van der Waals surface area contributed by atoms with Crippen molar-refractivity contribution in [2.75, 3.05) is 32.7 Å². The lowest BCUT2D eigenvalue weighted by Crippen LogP contribution is -2.34. The molecule has 2 aromatic carbocycles. The van der Waals surface area contributed by atoms with Gasteiger partial charge in [-0.25, -0.2) is 9.97 Å². The molecule has 0 bridgehead atoms. The number of benzene rings is 2. The van der Waals surface area contributed by atoms with Crippen LogP contribution in [-0.4, -0.2) is 49.7 Å². The summed E-state index contributed by atoms with van der Waals surface area (Å²) in [5.74, 6) is 2.83. The number of carbonyl (C=O) groups excluding carboxylic acids is 1. The first-order chi connectivity index (χ1) is 18.5. The molecule has 1 aliphatic carbocycles. The van der Waals surface area contributed by atoms with Gasteiger partial charge in [-0.15, -0.1) is 0 Å². The quantitative estimate of drug-likeness (QED) is 0.172. The van der Waals surface area contributed by atoms with Crippen LogP contribution in [-0.2, 0) is 12.2 Å². The molecule has 1 aliphatic rings. The molecule has 3 aromatic rings. The second kappa shape index (κ2) is 13.7. The number of nitrogens with zero attached hydrogens (tertiary/aromatic N) is 3. The molecule has 1 aromatic heterocycles. The van der Waals surface area contributed by atoms with Gasteiger partial charge in [-0.1, -0.05) is 60.8 Å². The fourth-order valence-corrected chi connectivity index (χ4v) is 5.68. The summed E-state index contributed by atoms with van der Waals surface area (Å²) in [6, 6.07) is 15.8. The van der Waals surface area contributed by atoms with Gasteiger partial charge in [0.15, 0.2) is 16.7 Å². The summed E-state index contributed by atoms with van der Waals surface area (Å²) >= 11 is 7.88. The SMILES string of the molecule is COc1ccc(CCNC(=O)c2ccc(CSc3nc(Cl)cc(N(C)C4CCCCC4)n3)cc2)cc1OC. The van der Waals surface area contributed by atoms with Crippen LogP contribution >= 0.6 is 23.4 Å². The molecule has 38 heavy (non-hydrogen) atoms. The van der Waals surface area contributed by atoms with Gasteiger partial charge in [-0.2, -0.15) is 0 Å². The number of carbonyl (C=O) groups is 1. The van der Waals surface area contributed by atoms with Crippen molar-refractivity contribution >= 4 is 35.1 Å². The van der Waals surface area contributed by atoms with E-state index >= 15 is 0 Å². The van der Waals surface area contributed by atoms with Crippen LogP contribution in [0.4, 0.5) is 5.82 Å². The van der Waals surface area contributed by atoms with E-state index in [1.54, 1.807) is 26.0 Å². The summed E-state index contributed by atoms with van der Waals surface area (Å²) in [7, 11) is 5.32. The smallest absolute Gasteiger partial charge is 0.251 e. The minimum absolute atomic E-state index is 0.0988. The number of hydrogen-bond acceptors (Lipinski definition) is 7. The number of ether oxygens (including phenoxy) is 2. The molecule has 1 amide bonds. The van der Waals surface area contributed by atoms with Crippen molar-refractivity contribution in [1.82, 2.24) is 15.3 Å². The van der Waals surface area contributed by atoms with E-state index in [4.69, 9.17) is 26.1 Å². The Labute approximate surface area is 234 Å². The maximum atomic E-state index is 12.6. The number of halogens is 1. The van der Waals surface area contributed by atoms with Gasteiger partial charge in [0, 0.05) is 37.0 Å². The van der Waals surface area contributed by atoms with E-state index in [0.29, 0.717) is 52.1 Å². The molecule has 202 valence electrons. The van der Waals surface area contributed by atoms with Crippen LogP contribution in [0, 0.1) is 0 Å². The highest BCUT2D eigenvalue weighted by Gasteiger charge is 2.20. The third-order valence-electron chi connectivity index (χ3n) is 6.88. The van der Waals surface area contributed by atoms with Crippen LogP contribution < -0.4 is 19.7 Å². The predicted octanol–water partition coefficient (Wildman–Crippen LogP) is 6.18. The van der Waals surface area contributed by atoms with Gasteiger partial charge >= 0.3 is 0 Å². The molecular weight excluding hydrogens is 520 g/mol. The Hall–Kier alpha value is -2.97. The highest BCUT2D eigenvalue weighted by molar-refractivity contribution is 7.98. The first-order valence-corrected chi connectivity index (χ1v) is 14.3. The topological polar surface area (TPSA) is 76.6 Å².